The fourth-order valence-corrected chi connectivity index (χ4v) is 6.90. The van der Waals surface area contributed by atoms with E-state index in [0.717, 1.165) is 38.5 Å². The molecule has 1 amide bonds. The molecule has 0 spiro atoms. The molecule has 0 rings (SSSR count). The van der Waals surface area contributed by atoms with Gasteiger partial charge in [0.2, 0.25) is 5.91 Å². The summed E-state index contributed by atoms with van der Waals surface area (Å²) in [6.07, 6.45) is 31.0. The topological polar surface area (TPSA) is 137 Å². The van der Waals surface area contributed by atoms with Crippen LogP contribution in [0.3, 0.4) is 0 Å². The van der Waals surface area contributed by atoms with E-state index in [-0.39, 0.29) is 44.9 Å². The van der Waals surface area contributed by atoms with E-state index in [1.165, 1.54) is 122 Å². The van der Waals surface area contributed by atoms with Crippen molar-refractivity contribution in [1.82, 2.24) is 5.32 Å². The number of thiol groups is 1. The number of carbonyl (C=O) groups excluding carboxylic acids is 3. The van der Waals surface area contributed by atoms with Gasteiger partial charge in [-0.25, -0.2) is 4.57 Å². The number of phosphoric acid groups is 1. The maximum Gasteiger partial charge on any atom is 0.472 e. The lowest BCUT2D eigenvalue weighted by Crippen LogP contribution is -2.30. The SMILES string of the molecule is CCCCCCCCCCCCCCCC(=O)OC[C@H](COP(=O)(O)OCCNC(=O)CCS)OC(=O)CCCCCCCCCCCCCCC. The lowest BCUT2D eigenvalue weighted by molar-refractivity contribution is -0.161. The van der Waals surface area contributed by atoms with Crippen LogP contribution in [0.1, 0.15) is 200 Å². The molecule has 0 aliphatic carbocycles. The maximum absolute atomic E-state index is 12.6. The molecule has 0 aromatic carbocycles. The first-order valence-corrected chi connectivity index (χ1v) is 23.2. The average molecular weight is 780 g/mol. The minimum atomic E-state index is -4.51. The van der Waals surface area contributed by atoms with E-state index in [0.29, 0.717) is 12.2 Å². The second-order valence-corrected chi connectivity index (χ2v) is 16.1. The van der Waals surface area contributed by atoms with Gasteiger partial charge in [-0.3, -0.25) is 23.4 Å². The van der Waals surface area contributed by atoms with Crippen molar-refractivity contribution in [3.05, 3.63) is 0 Å². The number of phosphoric ester groups is 1. The third kappa shape index (κ3) is 37.2. The fourth-order valence-electron chi connectivity index (χ4n) is 5.95. The molecule has 1 unspecified atom stereocenters. The molecule has 0 aromatic rings. The molecule has 0 heterocycles. The molecule has 0 aromatic heterocycles. The molecule has 2 atom stereocenters. The molecule has 0 bridgehead atoms. The Bertz CT molecular complexity index is 895. The van der Waals surface area contributed by atoms with Crippen LogP contribution in [0.25, 0.3) is 0 Å². The smallest absolute Gasteiger partial charge is 0.462 e. The highest BCUT2D eigenvalue weighted by Gasteiger charge is 2.26. The van der Waals surface area contributed by atoms with Gasteiger partial charge in [0.05, 0.1) is 13.2 Å². The predicted octanol–water partition coefficient (Wildman–Crippen LogP) is 11.0. The molecule has 0 saturated heterocycles. The van der Waals surface area contributed by atoms with Gasteiger partial charge in [0, 0.05) is 25.8 Å². The third-order valence-corrected chi connectivity index (χ3v) is 10.3. The van der Waals surface area contributed by atoms with Crippen LogP contribution in [0, 0.1) is 0 Å². The summed E-state index contributed by atoms with van der Waals surface area (Å²) < 4.78 is 33.3. The van der Waals surface area contributed by atoms with Gasteiger partial charge in [-0.05, 0) is 18.6 Å². The quantitative estimate of drug-likeness (QED) is 0.0240. The minimum absolute atomic E-state index is 0.0227. The molecule has 12 heteroatoms. The molecule has 2 N–H and O–H groups in total. The van der Waals surface area contributed by atoms with Gasteiger partial charge in [-0.2, -0.15) is 12.6 Å². The molecular formula is C40H78NO9PS. The second-order valence-electron chi connectivity index (χ2n) is 14.2. The van der Waals surface area contributed by atoms with Gasteiger partial charge in [0.15, 0.2) is 6.10 Å². The first-order valence-electron chi connectivity index (χ1n) is 21.1. The van der Waals surface area contributed by atoms with Crippen LogP contribution in [0.5, 0.6) is 0 Å². The Hall–Kier alpha value is -1.13. The van der Waals surface area contributed by atoms with Gasteiger partial charge in [0.25, 0.3) is 0 Å². The number of hydrogen-bond donors (Lipinski definition) is 3. The first kappa shape index (κ1) is 50.9. The van der Waals surface area contributed by atoms with E-state index in [1.807, 2.05) is 0 Å². The number of nitrogens with one attached hydrogen (secondary N) is 1. The number of rotatable bonds is 40. The summed E-state index contributed by atoms with van der Waals surface area (Å²) in [7, 11) is -4.51. The predicted molar refractivity (Wildman–Crippen MR) is 215 cm³/mol. The molecule has 0 aliphatic heterocycles. The zero-order chi connectivity index (χ0) is 38.4. The van der Waals surface area contributed by atoms with Crippen molar-refractivity contribution in [2.75, 3.05) is 32.1 Å². The molecular weight excluding hydrogens is 701 g/mol. The van der Waals surface area contributed by atoms with Crippen LogP contribution in [-0.2, 0) is 37.5 Å². The van der Waals surface area contributed by atoms with E-state index in [9.17, 15) is 23.8 Å². The van der Waals surface area contributed by atoms with E-state index in [1.54, 1.807) is 0 Å². The average Bonchev–Trinajstić information content (AvgIpc) is 3.12. The molecule has 0 aliphatic rings. The van der Waals surface area contributed by atoms with Gasteiger partial charge < -0.3 is 19.7 Å². The van der Waals surface area contributed by atoms with Gasteiger partial charge in [-0.1, -0.05) is 168 Å². The van der Waals surface area contributed by atoms with Crippen molar-refractivity contribution in [3.63, 3.8) is 0 Å². The lowest BCUT2D eigenvalue weighted by atomic mass is 10.0. The summed E-state index contributed by atoms with van der Waals surface area (Å²) in [5, 5.41) is 2.55. The van der Waals surface area contributed by atoms with E-state index in [2.05, 4.69) is 31.8 Å². The van der Waals surface area contributed by atoms with E-state index < -0.39 is 32.5 Å². The van der Waals surface area contributed by atoms with Gasteiger partial charge >= 0.3 is 19.8 Å². The summed E-state index contributed by atoms with van der Waals surface area (Å²) in [5.41, 5.74) is 0. The zero-order valence-electron chi connectivity index (χ0n) is 33.2. The maximum atomic E-state index is 12.6. The Morgan fingerprint density at radius 2 is 0.981 bits per heavy atom. The first-order chi connectivity index (χ1) is 25.2. The number of carbonyl (C=O) groups is 3. The number of unbranched alkanes of at least 4 members (excludes halogenated alkanes) is 24. The van der Waals surface area contributed by atoms with Crippen LogP contribution < -0.4 is 5.32 Å². The van der Waals surface area contributed by atoms with Crippen molar-refractivity contribution in [1.29, 1.82) is 0 Å². The van der Waals surface area contributed by atoms with Gasteiger partial charge in [-0.15, -0.1) is 0 Å². The normalized spacial score (nSPS) is 13.1. The van der Waals surface area contributed by atoms with Crippen LogP contribution in [0.4, 0.5) is 0 Å². The summed E-state index contributed by atoms with van der Waals surface area (Å²) >= 11 is 3.99. The summed E-state index contributed by atoms with van der Waals surface area (Å²) in [4.78, 5) is 46.7. The fraction of sp³-hybridized carbons (Fsp3) is 0.925. The molecule has 52 heavy (non-hydrogen) atoms. The molecule has 0 saturated carbocycles. The Morgan fingerprint density at radius 3 is 1.40 bits per heavy atom. The highest BCUT2D eigenvalue weighted by molar-refractivity contribution is 7.80. The van der Waals surface area contributed by atoms with Crippen molar-refractivity contribution in [2.24, 2.45) is 0 Å². The van der Waals surface area contributed by atoms with E-state index in [4.69, 9.17) is 18.5 Å². The Balaban J connectivity index is 4.42. The van der Waals surface area contributed by atoms with Crippen LogP contribution in [-0.4, -0.2) is 61.0 Å². The van der Waals surface area contributed by atoms with Crippen LogP contribution in [0.2, 0.25) is 0 Å². The largest absolute Gasteiger partial charge is 0.472 e. The second kappa shape index (κ2) is 38.2. The highest BCUT2D eigenvalue weighted by Crippen LogP contribution is 2.43. The van der Waals surface area contributed by atoms with Crippen molar-refractivity contribution in [2.45, 2.75) is 206 Å². The lowest BCUT2D eigenvalue weighted by Gasteiger charge is -2.20. The van der Waals surface area contributed by atoms with Crippen molar-refractivity contribution < 1.29 is 42.4 Å². The highest BCUT2D eigenvalue weighted by atomic mass is 32.1. The number of amides is 1. The Morgan fingerprint density at radius 1 is 0.577 bits per heavy atom. The zero-order valence-corrected chi connectivity index (χ0v) is 35.0. The molecule has 308 valence electrons. The monoisotopic (exact) mass is 780 g/mol. The van der Waals surface area contributed by atoms with Crippen LogP contribution >= 0.6 is 20.5 Å². The van der Waals surface area contributed by atoms with Gasteiger partial charge in [0.1, 0.15) is 6.61 Å². The summed E-state index contributed by atoms with van der Waals surface area (Å²) in [6.45, 7) is 3.51. The summed E-state index contributed by atoms with van der Waals surface area (Å²) in [5.74, 6) is -0.730. The molecule has 10 nitrogen and oxygen atoms in total. The van der Waals surface area contributed by atoms with Crippen LogP contribution in [0.15, 0.2) is 0 Å². The number of hydrogen-bond acceptors (Lipinski definition) is 9. The molecule has 0 fully saturated rings. The standard InChI is InChI=1S/C40H78NO9PS/c1-3-5-7-9-11-13-15-17-19-21-23-25-27-29-39(43)47-35-37(36-49-51(45,46)48-33-32-41-38(42)31-34-52)50-40(44)30-28-26-24-22-20-18-16-14-12-10-8-6-4-2/h37,52H,3-36H2,1-2H3,(H,41,42)(H,45,46)/t37-/m1/s1. The number of esters is 2. The minimum Gasteiger partial charge on any atom is -0.462 e. The van der Waals surface area contributed by atoms with E-state index >= 15 is 0 Å². The molecule has 0 radical (unpaired) electrons. The third-order valence-electron chi connectivity index (χ3n) is 9.14. The summed E-state index contributed by atoms with van der Waals surface area (Å²) in [6, 6.07) is 0. The Labute approximate surface area is 323 Å². The Kier molecular flexibility index (Phi) is 37.3. The number of ether oxygens (including phenoxy) is 2. The van der Waals surface area contributed by atoms with Crippen molar-refractivity contribution >= 4 is 38.3 Å². The van der Waals surface area contributed by atoms with Crippen molar-refractivity contribution in [3.8, 4) is 0 Å².